The predicted octanol–water partition coefficient (Wildman–Crippen LogP) is 7.49. The van der Waals surface area contributed by atoms with Gasteiger partial charge in [-0.05, 0) is 0 Å². The predicted molar refractivity (Wildman–Crippen MR) is 194 cm³/mol. The number of nitrogens with one attached hydrogen (secondary N) is 2. The van der Waals surface area contributed by atoms with Crippen LogP contribution < -0.4 is 4.16 Å². The second-order valence-corrected chi connectivity index (χ2v) is 23.9. The monoisotopic (exact) mass is 726 g/mol. The van der Waals surface area contributed by atoms with Gasteiger partial charge < -0.3 is 0 Å². The van der Waals surface area contributed by atoms with Crippen LogP contribution in [0.15, 0.2) is 91.0 Å². The molecule has 0 amide bonds. The first-order valence-electron chi connectivity index (χ1n) is 16.9. The Bertz CT molecular complexity index is 2770. The standard InChI is InChI=1S/C32H17N8.C6H13O2S.Zn/c1-2-10-18-17(9-1)25-33-26(18)38-28-21-13-5-6-14-22(21)30(35-28)40-32-24-16-8-7-15-23(24)31(36-32)39-29-20-12-4-3-11-19(20)27(34-29)37-25;1-2-3-4-5-6-9(7)8;/h1-15H,(H2,33,34,35,36,37,38,39,40);2-6H2,1H3;. The van der Waals surface area contributed by atoms with Crippen LogP contribution in [0.25, 0.3) is 89.7 Å². The van der Waals surface area contributed by atoms with Gasteiger partial charge in [0, 0.05) is 0 Å². The molecule has 5 heterocycles. The molecule has 3 aromatic heterocycles. The number of aromatic amines is 2. The summed E-state index contributed by atoms with van der Waals surface area (Å²) in [5.41, 5.74) is 5.77. The van der Waals surface area contributed by atoms with E-state index in [9.17, 15) is 8.42 Å². The summed E-state index contributed by atoms with van der Waals surface area (Å²) in [6.45, 7) is 2.13. The van der Waals surface area contributed by atoms with E-state index < -0.39 is 23.7 Å². The third-order valence-electron chi connectivity index (χ3n) is 9.35. The molecule has 0 radical (unpaired) electrons. The number of hydrogen-bond donors (Lipinski definition) is 2. The number of hydrogen-bond acceptors (Lipinski definition) is 8. The van der Waals surface area contributed by atoms with Gasteiger partial charge in [-0.15, -0.1) is 0 Å². The number of nitrogens with zero attached hydrogens (tertiary/aromatic N) is 6. The van der Waals surface area contributed by atoms with Crippen LogP contribution in [0.4, 0.5) is 0 Å². The summed E-state index contributed by atoms with van der Waals surface area (Å²) in [6, 6.07) is 29.7. The van der Waals surface area contributed by atoms with Crippen LogP contribution in [-0.2, 0) is 23.7 Å². The fourth-order valence-corrected chi connectivity index (χ4v) is 16.2. The summed E-state index contributed by atoms with van der Waals surface area (Å²) in [5, 5.41) is 3.40. The molecule has 50 heavy (non-hydrogen) atoms. The molecule has 2 aliphatic rings. The third kappa shape index (κ3) is 5.39. The molecule has 0 saturated carbocycles. The summed E-state index contributed by atoms with van der Waals surface area (Å²) >= 11 is -2.32. The van der Waals surface area contributed by atoms with Crippen molar-refractivity contribution in [3.05, 3.63) is 91.0 Å². The second kappa shape index (κ2) is 12.3. The van der Waals surface area contributed by atoms with Crippen LogP contribution in [0.5, 0.6) is 0 Å². The zero-order valence-corrected chi connectivity index (χ0v) is 31.1. The van der Waals surface area contributed by atoms with Gasteiger partial charge >= 0.3 is 289 Å². The van der Waals surface area contributed by atoms with Crippen LogP contribution in [0.1, 0.15) is 32.6 Å². The van der Waals surface area contributed by atoms with Crippen LogP contribution >= 0.6 is 0 Å². The van der Waals surface area contributed by atoms with Gasteiger partial charge in [-0.1, -0.05) is 6.07 Å². The first-order valence-corrected chi connectivity index (χ1v) is 23.8. The van der Waals surface area contributed by atoms with Crippen LogP contribution in [0.2, 0.25) is 0 Å². The van der Waals surface area contributed by atoms with E-state index in [-0.39, 0.29) is 5.75 Å². The van der Waals surface area contributed by atoms with Crippen molar-refractivity contribution in [2.24, 2.45) is 0 Å². The summed E-state index contributed by atoms with van der Waals surface area (Å²) in [4.78, 5) is 37.2. The van der Waals surface area contributed by atoms with Crippen LogP contribution in [-0.4, -0.2) is 54.0 Å². The molecule has 9 rings (SSSR count). The molecular formula is C38H30N8O2SZn. The zero-order chi connectivity index (χ0) is 33.8. The first-order chi connectivity index (χ1) is 24.5. The molecule has 0 aliphatic carbocycles. The average molecular weight is 728 g/mol. The summed E-state index contributed by atoms with van der Waals surface area (Å²) < 4.78 is 27.9. The number of fused-ring (bicyclic) bond motifs is 20. The van der Waals surface area contributed by atoms with Gasteiger partial charge in [-0.3, -0.25) is 0 Å². The van der Waals surface area contributed by atoms with Crippen molar-refractivity contribution in [3.8, 4) is 45.6 Å². The summed E-state index contributed by atoms with van der Waals surface area (Å²) in [6.07, 6.45) is 3.72. The molecule has 2 aliphatic heterocycles. The van der Waals surface area contributed by atoms with Crippen molar-refractivity contribution in [1.29, 1.82) is 0 Å². The maximum atomic E-state index is 13.5. The fourth-order valence-electron chi connectivity index (χ4n) is 6.94. The SMILES string of the molecule is CCCCCC[S](=O)(=O)[Zn][c]1cccc2c3nc4nc(nc5[nH]c(nc6nc(nc([nH]3)c12)-c1ccccc1-6)c1ccccc51)-c1ccccc1-4. The van der Waals surface area contributed by atoms with Crippen molar-refractivity contribution in [1.82, 2.24) is 39.9 Å². The van der Waals surface area contributed by atoms with E-state index in [1.807, 2.05) is 91.0 Å². The van der Waals surface area contributed by atoms with Crippen molar-refractivity contribution in [2.45, 2.75) is 32.6 Å². The normalized spacial score (nSPS) is 12.2. The Morgan fingerprint density at radius 1 is 0.520 bits per heavy atom. The van der Waals surface area contributed by atoms with Gasteiger partial charge in [0.05, 0.1) is 0 Å². The van der Waals surface area contributed by atoms with Gasteiger partial charge in [-0.25, -0.2) is 0 Å². The molecule has 4 aromatic carbocycles. The van der Waals surface area contributed by atoms with Gasteiger partial charge in [0.2, 0.25) is 0 Å². The van der Waals surface area contributed by atoms with Gasteiger partial charge in [-0.2, -0.15) is 0 Å². The van der Waals surface area contributed by atoms with E-state index in [2.05, 4.69) is 16.9 Å². The molecule has 0 unspecified atom stereocenters. The minimum atomic E-state index is -3.20. The number of aromatic nitrogens is 8. The molecule has 0 atom stereocenters. The molecule has 8 bridgehead atoms. The van der Waals surface area contributed by atoms with Crippen molar-refractivity contribution in [3.63, 3.8) is 0 Å². The summed E-state index contributed by atoms with van der Waals surface area (Å²) in [5.74, 6) is 2.29. The molecule has 7 aromatic rings. The maximum absolute atomic E-state index is 13.5. The van der Waals surface area contributed by atoms with E-state index in [0.717, 1.165) is 67.2 Å². The zero-order valence-electron chi connectivity index (χ0n) is 27.3. The number of benzene rings is 4. The minimum absolute atomic E-state index is 0.224. The Hall–Kier alpha value is -5.19. The Morgan fingerprint density at radius 3 is 1.52 bits per heavy atom. The molecule has 10 nitrogen and oxygen atoms in total. The van der Waals surface area contributed by atoms with E-state index in [1.54, 1.807) is 0 Å². The Morgan fingerprint density at radius 2 is 0.980 bits per heavy atom. The van der Waals surface area contributed by atoms with Gasteiger partial charge in [0.25, 0.3) is 0 Å². The molecule has 0 spiro atoms. The topological polar surface area (TPSA) is 143 Å². The Balaban J connectivity index is 1.38. The van der Waals surface area contributed by atoms with E-state index in [4.69, 9.17) is 29.9 Å². The van der Waals surface area contributed by atoms with Crippen molar-refractivity contribution >= 4 is 56.1 Å². The van der Waals surface area contributed by atoms with E-state index in [1.165, 1.54) is 0 Å². The molecule has 0 saturated heterocycles. The first kappa shape index (κ1) is 30.8. The van der Waals surface area contributed by atoms with E-state index >= 15 is 0 Å². The van der Waals surface area contributed by atoms with Crippen LogP contribution in [0, 0.1) is 0 Å². The van der Waals surface area contributed by atoms with Crippen LogP contribution in [0.3, 0.4) is 0 Å². The molecule has 2 N–H and O–H groups in total. The fraction of sp³-hybridized carbons (Fsp3) is 0.158. The van der Waals surface area contributed by atoms with Crippen molar-refractivity contribution in [2.75, 3.05) is 5.75 Å². The summed E-state index contributed by atoms with van der Waals surface area (Å²) in [7, 11) is -3.20. The average Bonchev–Trinajstić information content (AvgIpc) is 3.86. The quantitative estimate of drug-likeness (QED) is 0.127. The molecule has 12 heteroatoms. The van der Waals surface area contributed by atoms with Gasteiger partial charge in [0.1, 0.15) is 0 Å². The number of H-pyrrole nitrogens is 2. The Kier molecular flexibility index (Phi) is 7.59. The Labute approximate surface area is 293 Å². The van der Waals surface area contributed by atoms with E-state index in [0.29, 0.717) is 52.3 Å². The molecule has 0 fully saturated rings. The molecule has 242 valence electrons. The van der Waals surface area contributed by atoms with Crippen molar-refractivity contribution < 1.29 is 24.3 Å². The molecular weight excluding hydrogens is 698 g/mol. The number of rotatable bonds is 7. The number of unbranched alkanes of at least 4 members (excludes halogenated alkanes) is 3. The van der Waals surface area contributed by atoms with Gasteiger partial charge in [0.15, 0.2) is 0 Å². The second-order valence-electron chi connectivity index (χ2n) is 12.7. The third-order valence-corrected chi connectivity index (χ3v) is 18.8.